The van der Waals surface area contributed by atoms with Crippen LogP contribution in [0.15, 0.2) is 51.9 Å². The third kappa shape index (κ3) is 2.31. The number of aromatic nitrogens is 2. The molecule has 94 valence electrons. The van der Waals surface area contributed by atoms with Gasteiger partial charge in [-0.15, -0.1) is 0 Å². The van der Waals surface area contributed by atoms with E-state index in [4.69, 9.17) is 0 Å². The van der Waals surface area contributed by atoms with Crippen LogP contribution >= 0.6 is 15.9 Å². The Bertz CT molecular complexity index is 806. The Morgan fingerprint density at radius 3 is 2.63 bits per heavy atom. The number of nitrogens with one attached hydrogen (secondary N) is 1. The minimum Gasteiger partial charge on any atom is -0.321 e. The van der Waals surface area contributed by atoms with Crippen molar-refractivity contribution in [2.24, 2.45) is 0 Å². The van der Waals surface area contributed by atoms with Gasteiger partial charge < -0.3 is 4.98 Å². The molecule has 0 spiro atoms. The number of pyridine rings is 2. The number of H-pyrrole nitrogens is 1. The predicted molar refractivity (Wildman–Crippen MR) is 80.2 cm³/mol. The molecule has 0 unspecified atom stereocenters. The molecule has 0 amide bonds. The van der Waals surface area contributed by atoms with Crippen molar-refractivity contribution in [3.63, 3.8) is 0 Å². The largest absolute Gasteiger partial charge is 0.321 e. The lowest BCUT2D eigenvalue weighted by atomic mass is 10.1. The first-order valence-electron chi connectivity index (χ1n) is 5.89. The van der Waals surface area contributed by atoms with Crippen molar-refractivity contribution < 1.29 is 0 Å². The van der Waals surface area contributed by atoms with Crippen LogP contribution < -0.4 is 5.56 Å². The summed E-state index contributed by atoms with van der Waals surface area (Å²) in [7, 11) is 0. The summed E-state index contributed by atoms with van der Waals surface area (Å²) < 4.78 is 0.800. The van der Waals surface area contributed by atoms with Crippen LogP contribution in [0.5, 0.6) is 0 Å². The van der Waals surface area contributed by atoms with Crippen LogP contribution in [0, 0.1) is 6.92 Å². The number of hydrogen-bond acceptors (Lipinski definition) is 2. The van der Waals surface area contributed by atoms with Crippen LogP contribution in [0.2, 0.25) is 0 Å². The second kappa shape index (κ2) is 4.63. The van der Waals surface area contributed by atoms with Crippen molar-refractivity contribution in [2.45, 2.75) is 6.92 Å². The van der Waals surface area contributed by atoms with Gasteiger partial charge in [-0.3, -0.25) is 9.78 Å². The molecule has 0 fully saturated rings. The monoisotopic (exact) mass is 314 g/mol. The summed E-state index contributed by atoms with van der Waals surface area (Å²) in [5, 5.41) is 0.588. The van der Waals surface area contributed by atoms with E-state index in [1.165, 1.54) is 5.56 Å². The highest BCUT2D eigenvalue weighted by molar-refractivity contribution is 9.10. The van der Waals surface area contributed by atoms with E-state index in [2.05, 4.69) is 25.9 Å². The number of aromatic amines is 1. The minimum absolute atomic E-state index is 0.123. The molecule has 0 aliphatic heterocycles. The zero-order valence-electron chi connectivity index (χ0n) is 10.3. The molecule has 1 N–H and O–H groups in total. The summed E-state index contributed by atoms with van der Waals surface area (Å²) in [6.45, 7) is 2.03. The fourth-order valence-electron chi connectivity index (χ4n) is 2.00. The molecule has 0 aliphatic rings. The van der Waals surface area contributed by atoms with Crippen molar-refractivity contribution in [1.29, 1.82) is 0 Å². The Hall–Kier alpha value is -1.94. The van der Waals surface area contributed by atoms with Gasteiger partial charge in [0.2, 0.25) is 0 Å². The normalized spacial score (nSPS) is 10.8. The lowest BCUT2D eigenvalue weighted by molar-refractivity contribution is 1.25. The first kappa shape index (κ1) is 12.1. The van der Waals surface area contributed by atoms with Crippen LogP contribution in [0.4, 0.5) is 0 Å². The summed E-state index contributed by atoms with van der Waals surface area (Å²) in [5.74, 6) is 0. The summed E-state index contributed by atoms with van der Waals surface area (Å²) in [4.78, 5) is 19.3. The molecule has 2 heterocycles. The third-order valence-corrected chi connectivity index (χ3v) is 3.46. The standard InChI is InChI=1S/C15H11BrN2O/c1-9-2-4-10(5-3-9)13-7-14-12(15(19)18-13)6-11(16)8-17-14/h2-8H,1H3,(H,18,19). The van der Waals surface area contributed by atoms with E-state index in [0.29, 0.717) is 10.9 Å². The average molecular weight is 315 g/mol. The molecule has 0 radical (unpaired) electrons. The Morgan fingerprint density at radius 2 is 1.89 bits per heavy atom. The van der Waals surface area contributed by atoms with E-state index in [9.17, 15) is 4.79 Å². The molecule has 4 heteroatoms. The quantitative estimate of drug-likeness (QED) is 0.745. The highest BCUT2D eigenvalue weighted by Gasteiger charge is 2.05. The van der Waals surface area contributed by atoms with Crippen LogP contribution in [-0.4, -0.2) is 9.97 Å². The Balaban J connectivity index is 2.24. The fourth-order valence-corrected chi connectivity index (χ4v) is 2.33. The molecule has 19 heavy (non-hydrogen) atoms. The van der Waals surface area contributed by atoms with E-state index in [1.54, 1.807) is 12.3 Å². The molecular weight excluding hydrogens is 304 g/mol. The Morgan fingerprint density at radius 1 is 1.16 bits per heavy atom. The van der Waals surface area contributed by atoms with Gasteiger partial charge >= 0.3 is 0 Å². The molecule has 0 aliphatic carbocycles. The van der Waals surface area contributed by atoms with Crippen LogP contribution in [0.25, 0.3) is 22.2 Å². The Labute approximate surface area is 118 Å². The SMILES string of the molecule is Cc1ccc(-c2cc3ncc(Br)cc3c(=O)[nH]2)cc1. The number of fused-ring (bicyclic) bond motifs is 1. The van der Waals surface area contributed by atoms with Crippen LogP contribution in [0.3, 0.4) is 0 Å². The van der Waals surface area contributed by atoms with Gasteiger partial charge in [-0.1, -0.05) is 29.8 Å². The highest BCUT2D eigenvalue weighted by atomic mass is 79.9. The van der Waals surface area contributed by atoms with Gasteiger partial charge in [-0.2, -0.15) is 0 Å². The van der Waals surface area contributed by atoms with E-state index < -0.39 is 0 Å². The van der Waals surface area contributed by atoms with E-state index >= 15 is 0 Å². The van der Waals surface area contributed by atoms with Gasteiger partial charge in [0.25, 0.3) is 5.56 Å². The van der Waals surface area contributed by atoms with E-state index in [1.807, 2.05) is 37.3 Å². The molecular formula is C15H11BrN2O. The lowest BCUT2D eigenvalue weighted by Gasteiger charge is -2.04. The molecule has 1 aromatic carbocycles. The third-order valence-electron chi connectivity index (χ3n) is 3.02. The zero-order valence-corrected chi connectivity index (χ0v) is 11.9. The molecule has 3 aromatic rings. The second-order valence-electron chi connectivity index (χ2n) is 4.46. The van der Waals surface area contributed by atoms with Gasteiger partial charge in [0.05, 0.1) is 16.6 Å². The topological polar surface area (TPSA) is 45.8 Å². The Kier molecular flexibility index (Phi) is 2.95. The highest BCUT2D eigenvalue weighted by Crippen LogP contribution is 2.20. The van der Waals surface area contributed by atoms with Crippen LogP contribution in [-0.2, 0) is 0 Å². The van der Waals surface area contributed by atoms with Gasteiger partial charge in [0.1, 0.15) is 0 Å². The van der Waals surface area contributed by atoms with Crippen molar-refractivity contribution in [3.05, 3.63) is 63.0 Å². The maximum absolute atomic E-state index is 12.1. The number of nitrogens with zero attached hydrogens (tertiary/aromatic N) is 1. The summed E-state index contributed by atoms with van der Waals surface area (Å²) >= 11 is 3.32. The first-order valence-corrected chi connectivity index (χ1v) is 6.68. The lowest BCUT2D eigenvalue weighted by Crippen LogP contribution is -2.07. The van der Waals surface area contributed by atoms with Crippen LogP contribution in [0.1, 0.15) is 5.56 Å². The maximum atomic E-state index is 12.1. The number of halogens is 1. The van der Waals surface area contributed by atoms with Gasteiger partial charge in [0.15, 0.2) is 0 Å². The molecule has 3 nitrogen and oxygen atoms in total. The minimum atomic E-state index is -0.123. The van der Waals surface area contributed by atoms with Crippen molar-refractivity contribution in [2.75, 3.05) is 0 Å². The smallest absolute Gasteiger partial charge is 0.257 e. The van der Waals surface area contributed by atoms with Gasteiger partial charge in [-0.25, -0.2) is 0 Å². The number of aryl methyl sites for hydroxylation is 1. The predicted octanol–water partition coefficient (Wildman–Crippen LogP) is 3.66. The zero-order chi connectivity index (χ0) is 13.4. The van der Waals surface area contributed by atoms with E-state index in [0.717, 1.165) is 15.7 Å². The summed E-state index contributed by atoms with van der Waals surface area (Å²) in [5.41, 5.74) is 3.53. The number of rotatable bonds is 1. The molecule has 2 aromatic heterocycles. The van der Waals surface area contributed by atoms with E-state index in [-0.39, 0.29) is 5.56 Å². The first-order chi connectivity index (χ1) is 9.13. The number of benzene rings is 1. The molecule has 0 atom stereocenters. The van der Waals surface area contributed by atoms with Gasteiger partial charge in [-0.05, 0) is 40.5 Å². The summed E-state index contributed by atoms with van der Waals surface area (Å²) in [6.07, 6.45) is 1.70. The molecule has 0 saturated carbocycles. The maximum Gasteiger partial charge on any atom is 0.257 e. The van der Waals surface area contributed by atoms with Gasteiger partial charge in [0, 0.05) is 10.7 Å². The second-order valence-corrected chi connectivity index (χ2v) is 5.38. The van der Waals surface area contributed by atoms with Crippen molar-refractivity contribution in [1.82, 2.24) is 9.97 Å². The molecule has 0 bridgehead atoms. The molecule has 3 rings (SSSR count). The van der Waals surface area contributed by atoms with Crippen molar-refractivity contribution >= 4 is 26.8 Å². The summed E-state index contributed by atoms with van der Waals surface area (Å²) in [6, 6.07) is 11.7. The fraction of sp³-hybridized carbons (Fsp3) is 0.0667. The average Bonchev–Trinajstić information content (AvgIpc) is 2.40. The van der Waals surface area contributed by atoms with Crippen molar-refractivity contribution in [3.8, 4) is 11.3 Å². The molecule has 0 saturated heterocycles. The number of hydrogen-bond donors (Lipinski definition) is 1.